The van der Waals surface area contributed by atoms with Crippen LogP contribution in [0.15, 0.2) is 22.5 Å². The Morgan fingerprint density at radius 1 is 1.24 bits per heavy atom. The number of rotatable bonds is 6. The fourth-order valence-corrected chi connectivity index (χ4v) is 4.28. The minimum absolute atomic E-state index is 0.266. The van der Waals surface area contributed by atoms with Crippen LogP contribution in [-0.2, 0) is 10.0 Å². The van der Waals surface area contributed by atoms with E-state index in [-0.39, 0.29) is 5.13 Å². The van der Waals surface area contributed by atoms with Crippen LogP contribution in [0.1, 0.15) is 24.5 Å². The van der Waals surface area contributed by atoms with Crippen molar-refractivity contribution in [2.24, 2.45) is 0 Å². The van der Waals surface area contributed by atoms with E-state index >= 15 is 0 Å². The van der Waals surface area contributed by atoms with Gasteiger partial charge in [0.15, 0.2) is 0 Å². The summed E-state index contributed by atoms with van der Waals surface area (Å²) in [6, 6.07) is 3.69. The molecule has 0 aliphatic heterocycles. The van der Waals surface area contributed by atoms with Crippen molar-refractivity contribution in [3.05, 3.63) is 28.8 Å². The van der Waals surface area contributed by atoms with Crippen molar-refractivity contribution in [1.29, 1.82) is 0 Å². The smallest absolute Gasteiger partial charge is 0.264 e. The molecule has 0 radical (unpaired) electrons. The average Bonchev–Trinajstić information content (AvgIpc) is 2.87. The predicted molar refractivity (Wildman–Crippen MR) is 85.4 cm³/mol. The van der Waals surface area contributed by atoms with E-state index in [1.54, 1.807) is 13.8 Å². The molecule has 0 bridgehead atoms. The monoisotopic (exact) mass is 326 g/mol. The third-order valence-corrected chi connectivity index (χ3v) is 5.27. The molecule has 0 spiro atoms. The number of aromatic nitrogens is 2. The molecule has 0 aliphatic rings. The van der Waals surface area contributed by atoms with E-state index in [2.05, 4.69) is 27.2 Å². The molecule has 2 N–H and O–H groups in total. The van der Waals surface area contributed by atoms with Gasteiger partial charge < -0.3 is 5.32 Å². The second-order valence-corrected chi connectivity index (χ2v) is 7.17. The molecular weight excluding hydrogens is 308 g/mol. The fourth-order valence-electron chi connectivity index (χ4n) is 2.13. The minimum Gasteiger partial charge on any atom is -0.385 e. The molecule has 1 aromatic heterocycles. The third-order valence-electron chi connectivity index (χ3n) is 2.89. The maximum Gasteiger partial charge on any atom is 0.264 e. The first-order chi connectivity index (χ1) is 9.94. The summed E-state index contributed by atoms with van der Waals surface area (Å²) in [4.78, 5) is 0.291. The number of aryl methyl sites for hydroxylation is 2. The van der Waals surface area contributed by atoms with Crippen LogP contribution in [0.5, 0.6) is 0 Å². The summed E-state index contributed by atoms with van der Waals surface area (Å²) in [5.74, 6) is 0. The first-order valence-electron chi connectivity index (χ1n) is 6.58. The lowest BCUT2D eigenvalue weighted by Gasteiger charge is -2.14. The summed E-state index contributed by atoms with van der Waals surface area (Å²) in [5.41, 5.74) is 3.81. The highest BCUT2D eigenvalue weighted by atomic mass is 32.2. The summed E-state index contributed by atoms with van der Waals surface area (Å²) < 4.78 is 27.4. The zero-order chi connectivity index (χ0) is 15.5. The van der Waals surface area contributed by atoms with E-state index < -0.39 is 10.0 Å². The number of hydrogen-bond donors (Lipinski definition) is 2. The standard InChI is InChI=1S/C13H18N4O2S2/c1-4-5-14-11-6-9(2)12(10(3)7-11)21(18,19)17-13-16-15-8-20-13/h6-8,14H,4-5H2,1-3H3,(H,16,17). The van der Waals surface area contributed by atoms with Gasteiger partial charge in [0.25, 0.3) is 10.0 Å². The van der Waals surface area contributed by atoms with Gasteiger partial charge in [0.2, 0.25) is 5.13 Å². The van der Waals surface area contributed by atoms with Gasteiger partial charge >= 0.3 is 0 Å². The highest BCUT2D eigenvalue weighted by Crippen LogP contribution is 2.26. The van der Waals surface area contributed by atoms with E-state index in [1.807, 2.05) is 12.1 Å². The van der Waals surface area contributed by atoms with Gasteiger partial charge in [-0.1, -0.05) is 18.3 Å². The van der Waals surface area contributed by atoms with E-state index in [0.29, 0.717) is 16.0 Å². The van der Waals surface area contributed by atoms with Gasteiger partial charge in [-0.2, -0.15) is 0 Å². The quantitative estimate of drug-likeness (QED) is 0.853. The van der Waals surface area contributed by atoms with Crippen molar-refractivity contribution in [2.45, 2.75) is 32.1 Å². The third kappa shape index (κ3) is 3.70. The van der Waals surface area contributed by atoms with Crippen LogP contribution in [0, 0.1) is 13.8 Å². The summed E-state index contributed by atoms with van der Waals surface area (Å²) in [6.07, 6.45) is 1.01. The summed E-state index contributed by atoms with van der Waals surface area (Å²) in [7, 11) is -3.65. The number of sulfonamides is 1. The second kappa shape index (κ2) is 6.40. The molecule has 0 amide bonds. The minimum atomic E-state index is -3.65. The Labute approximate surface area is 128 Å². The SMILES string of the molecule is CCCNc1cc(C)c(S(=O)(=O)Nc2nncs2)c(C)c1. The normalized spacial score (nSPS) is 11.4. The number of hydrogen-bond acceptors (Lipinski definition) is 6. The van der Waals surface area contributed by atoms with E-state index in [0.717, 1.165) is 30.0 Å². The first-order valence-corrected chi connectivity index (χ1v) is 8.94. The van der Waals surface area contributed by atoms with Crippen molar-refractivity contribution < 1.29 is 8.42 Å². The van der Waals surface area contributed by atoms with Gasteiger partial charge in [-0.25, -0.2) is 8.42 Å². The molecule has 0 unspecified atom stereocenters. The Bertz CT molecular complexity index is 689. The fraction of sp³-hybridized carbons (Fsp3) is 0.385. The van der Waals surface area contributed by atoms with Crippen LogP contribution < -0.4 is 10.0 Å². The maximum atomic E-state index is 12.5. The molecule has 1 heterocycles. The molecular formula is C13H18N4O2S2. The largest absolute Gasteiger partial charge is 0.385 e. The molecule has 1 aromatic carbocycles. The molecule has 0 saturated carbocycles. The van der Waals surface area contributed by atoms with Gasteiger partial charge in [-0.05, 0) is 43.5 Å². The van der Waals surface area contributed by atoms with Gasteiger partial charge in [-0.3, -0.25) is 4.72 Å². The van der Waals surface area contributed by atoms with E-state index in [1.165, 1.54) is 5.51 Å². The Hall–Kier alpha value is -1.67. The lowest BCUT2D eigenvalue weighted by atomic mass is 10.1. The first kappa shape index (κ1) is 15.7. The highest BCUT2D eigenvalue weighted by molar-refractivity contribution is 7.93. The molecule has 2 aromatic rings. The van der Waals surface area contributed by atoms with Crippen LogP contribution in [0.25, 0.3) is 0 Å². The summed E-state index contributed by atoms with van der Waals surface area (Å²) in [5, 5.41) is 10.9. The lowest BCUT2D eigenvalue weighted by Crippen LogP contribution is -2.16. The molecule has 0 saturated heterocycles. The molecule has 0 aliphatic carbocycles. The average molecular weight is 326 g/mol. The maximum absolute atomic E-state index is 12.5. The second-order valence-electron chi connectivity index (χ2n) is 4.72. The summed E-state index contributed by atoms with van der Waals surface area (Å²) in [6.45, 7) is 6.52. The van der Waals surface area contributed by atoms with E-state index in [9.17, 15) is 8.42 Å². The Balaban J connectivity index is 2.35. The number of nitrogens with one attached hydrogen (secondary N) is 2. The molecule has 8 heteroatoms. The van der Waals surface area contributed by atoms with E-state index in [4.69, 9.17) is 0 Å². The number of anilines is 2. The Kier molecular flexibility index (Phi) is 4.79. The zero-order valence-corrected chi connectivity index (χ0v) is 13.8. The molecule has 114 valence electrons. The topological polar surface area (TPSA) is 84.0 Å². The highest BCUT2D eigenvalue weighted by Gasteiger charge is 2.21. The van der Waals surface area contributed by atoms with Crippen molar-refractivity contribution in [1.82, 2.24) is 10.2 Å². The van der Waals surface area contributed by atoms with Crippen LogP contribution in [0.3, 0.4) is 0 Å². The molecule has 2 rings (SSSR count). The van der Waals surface area contributed by atoms with Crippen LogP contribution in [-0.4, -0.2) is 25.2 Å². The predicted octanol–water partition coefficient (Wildman–Crippen LogP) is 2.78. The Morgan fingerprint density at radius 2 is 1.90 bits per heavy atom. The van der Waals surface area contributed by atoms with Crippen LogP contribution in [0.4, 0.5) is 10.8 Å². The molecule has 6 nitrogen and oxygen atoms in total. The van der Waals surface area contributed by atoms with Gasteiger partial charge in [0, 0.05) is 12.2 Å². The zero-order valence-electron chi connectivity index (χ0n) is 12.2. The van der Waals surface area contributed by atoms with Crippen molar-refractivity contribution >= 4 is 32.2 Å². The molecule has 0 atom stereocenters. The van der Waals surface area contributed by atoms with Crippen LogP contribution in [0.2, 0.25) is 0 Å². The molecule has 0 fully saturated rings. The van der Waals surface area contributed by atoms with Gasteiger partial charge in [-0.15, -0.1) is 10.2 Å². The Morgan fingerprint density at radius 3 is 2.43 bits per heavy atom. The lowest BCUT2D eigenvalue weighted by molar-refractivity contribution is 0.600. The van der Waals surface area contributed by atoms with Crippen LogP contribution >= 0.6 is 11.3 Å². The number of nitrogens with zero attached hydrogens (tertiary/aromatic N) is 2. The summed E-state index contributed by atoms with van der Waals surface area (Å²) >= 11 is 1.15. The van der Waals surface area contributed by atoms with Gasteiger partial charge in [0.1, 0.15) is 5.51 Å². The van der Waals surface area contributed by atoms with Crippen molar-refractivity contribution in [3.63, 3.8) is 0 Å². The molecule has 21 heavy (non-hydrogen) atoms. The van der Waals surface area contributed by atoms with Crippen molar-refractivity contribution in [3.8, 4) is 0 Å². The van der Waals surface area contributed by atoms with Gasteiger partial charge in [0.05, 0.1) is 4.90 Å². The van der Waals surface area contributed by atoms with Crippen molar-refractivity contribution in [2.75, 3.05) is 16.6 Å². The number of benzene rings is 1.